The number of carbonyl (C=O) groups is 1. The minimum Gasteiger partial charge on any atom is -0.497 e. The van der Waals surface area contributed by atoms with Crippen LogP contribution in [-0.4, -0.2) is 39.3 Å². The summed E-state index contributed by atoms with van der Waals surface area (Å²) in [5.41, 5.74) is 0.943. The maximum Gasteiger partial charge on any atom is 0.252 e. The molecule has 1 atom stereocenters. The zero-order valence-electron chi connectivity index (χ0n) is 15.3. The van der Waals surface area contributed by atoms with E-state index in [2.05, 4.69) is 5.32 Å². The average molecular weight is 397 g/mol. The summed E-state index contributed by atoms with van der Waals surface area (Å²) in [4.78, 5) is 12.4. The normalized spacial score (nSPS) is 13.0. The van der Waals surface area contributed by atoms with E-state index in [1.54, 1.807) is 18.6 Å². The first kappa shape index (κ1) is 20.4. The lowest BCUT2D eigenvalue weighted by atomic mass is 9.96. The van der Waals surface area contributed by atoms with Crippen molar-refractivity contribution in [2.24, 2.45) is 5.92 Å². The molecular formula is C18H24N2O4S2. The molecule has 0 bridgehead atoms. The summed E-state index contributed by atoms with van der Waals surface area (Å²) in [6.07, 6.45) is 0. The Labute approximate surface area is 158 Å². The van der Waals surface area contributed by atoms with Crippen molar-refractivity contribution in [1.29, 1.82) is 0 Å². The second-order valence-electron chi connectivity index (χ2n) is 6.26. The molecule has 1 amide bonds. The van der Waals surface area contributed by atoms with Gasteiger partial charge in [-0.3, -0.25) is 4.79 Å². The molecule has 142 valence electrons. The summed E-state index contributed by atoms with van der Waals surface area (Å²) in [5.74, 6) is 0.540. The largest absolute Gasteiger partial charge is 0.497 e. The van der Waals surface area contributed by atoms with Crippen LogP contribution in [0.4, 0.5) is 0 Å². The first-order valence-corrected chi connectivity index (χ1v) is 10.5. The molecule has 1 heterocycles. The molecule has 26 heavy (non-hydrogen) atoms. The minimum atomic E-state index is -3.65. The highest BCUT2D eigenvalue weighted by molar-refractivity contribution is 7.91. The third-order valence-electron chi connectivity index (χ3n) is 3.98. The second kappa shape index (κ2) is 8.66. The number of nitrogens with one attached hydrogen (secondary N) is 1. The number of benzene rings is 1. The molecule has 2 rings (SSSR count). The molecule has 0 radical (unpaired) electrons. The number of likely N-dealkylation sites (N-methyl/N-ethyl adjacent to an activating group) is 1. The van der Waals surface area contributed by atoms with Gasteiger partial charge in [-0.2, -0.15) is 4.31 Å². The van der Waals surface area contributed by atoms with Crippen LogP contribution in [0.5, 0.6) is 5.75 Å². The predicted molar refractivity (Wildman–Crippen MR) is 103 cm³/mol. The van der Waals surface area contributed by atoms with Crippen LogP contribution in [0.3, 0.4) is 0 Å². The van der Waals surface area contributed by atoms with Crippen LogP contribution < -0.4 is 10.1 Å². The van der Waals surface area contributed by atoms with E-state index < -0.39 is 10.0 Å². The third kappa shape index (κ3) is 4.84. The van der Waals surface area contributed by atoms with Gasteiger partial charge >= 0.3 is 0 Å². The molecule has 0 aliphatic carbocycles. The first-order valence-electron chi connectivity index (χ1n) is 8.19. The van der Waals surface area contributed by atoms with Gasteiger partial charge in [-0.25, -0.2) is 8.42 Å². The van der Waals surface area contributed by atoms with E-state index in [9.17, 15) is 13.2 Å². The molecule has 0 aliphatic rings. The number of thiophene rings is 1. The fourth-order valence-electron chi connectivity index (χ4n) is 2.52. The summed E-state index contributed by atoms with van der Waals surface area (Å²) in [7, 11) is -0.639. The second-order valence-corrected chi connectivity index (χ2v) is 9.47. The highest BCUT2D eigenvalue weighted by Crippen LogP contribution is 2.24. The van der Waals surface area contributed by atoms with Crippen LogP contribution in [0.1, 0.15) is 25.5 Å². The van der Waals surface area contributed by atoms with Gasteiger partial charge in [-0.1, -0.05) is 32.0 Å². The van der Waals surface area contributed by atoms with Gasteiger partial charge in [-0.05, 0) is 35.1 Å². The fraction of sp³-hybridized carbons (Fsp3) is 0.389. The SMILES string of the molecule is COc1ccc(C(NC(=O)CN(C)S(=O)(=O)c2cccs2)C(C)C)cc1. The Kier molecular flexibility index (Phi) is 6.80. The summed E-state index contributed by atoms with van der Waals surface area (Å²) in [5, 5.41) is 4.63. The van der Waals surface area contributed by atoms with Crippen molar-refractivity contribution in [3.63, 3.8) is 0 Å². The Balaban J connectivity index is 2.07. The third-order valence-corrected chi connectivity index (χ3v) is 7.16. The van der Waals surface area contributed by atoms with Crippen LogP contribution in [0.25, 0.3) is 0 Å². The van der Waals surface area contributed by atoms with E-state index in [1.165, 1.54) is 13.1 Å². The number of nitrogens with zero attached hydrogens (tertiary/aromatic N) is 1. The van der Waals surface area contributed by atoms with Gasteiger partial charge < -0.3 is 10.1 Å². The maximum absolute atomic E-state index is 12.4. The maximum atomic E-state index is 12.4. The number of amides is 1. The molecular weight excluding hydrogens is 372 g/mol. The number of sulfonamides is 1. The predicted octanol–water partition coefficient (Wildman–Crippen LogP) is 2.89. The molecule has 0 saturated heterocycles. The zero-order valence-corrected chi connectivity index (χ0v) is 16.9. The van der Waals surface area contributed by atoms with Crippen molar-refractivity contribution in [2.75, 3.05) is 20.7 Å². The Morgan fingerprint density at radius 3 is 2.38 bits per heavy atom. The van der Waals surface area contributed by atoms with E-state index in [-0.39, 0.29) is 28.6 Å². The highest BCUT2D eigenvalue weighted by atomic mass is 32.2. The molecule has 0 aliphatic heterocycles. The number of hydrogen-bond acceptors (Lipinski definition) is 5. The molecule has 0 spiro atoms. The topological polar surface area (TPSA) is 75.7 Å². The summed E-state index contributed by atoms with van der Waals surface area (Å²) in [6, 6.07) is 10.5. The zero-order chi connectivity index (χ0) is 19.3. The quantitative estimate of drug-likeness (QED) is 0.744. The molecule has 6 nitrogen and oxygen atoms in total. The number of methoxy groups -OCH3 is 1. The van der Waals surface area contributed by atoms with Crippen molar-refractivity contribution in [2.45, 2.75) is 24.1 Å². The molecule has 8 heteroatoms. The van der Waals surface area contributed by atoms with Crippen LogP contribution in [0, 0.1) is 5.92 Å². The molecule has 1 aromatic carbocycles. The molecule has 0 saturated carbocycles. The summed E-state index contributed by atoms with van der Waals surface area (Å²) < 4.78 is 31.3. The Bertz CT molecular complexity index is 815. The smallest absolute Gasteiger partial charge is 0.252 e. The van der Waals surface area contributed by atoms with E-state index in [1.807, 2.05) is 38.1 Å². The molecule has 1 aromatic heterocycles. The molecule has 1 N–H and O–H groups in total. The first-order chi connectivity index (χ1) is 12.3. The van der Waals surface area contributed by atoms with E-state index in [4.69, 9.17) is 4.74 Å². The van der Waals surface area contributed by atoms with Crippen molar-refractivity contribution >= 4 is 27.3 Å². The van der Waals surface area contributed by atoms with Gasteiger partial charge in [0.15, 0.2) is 0 Å². The van der Waals surface area contributed by atoms with E-state index in [0.29, 0.717) is 0 Å². The van der Waals surface area contributed by atoms with Crippen molar-refractivity contribution in [3.8, 4) is 5.75 Å². The van der Waals surface area contributed by atoms with Gasteiger partial charge in [0.25, 0.3) is 10.0 Å². The van der Waals surface area contributed by atoms with Gasteiger partial charge in [0.2, 0.25) is 5.91 Å². The van der Waals surface area contributed by atoms with Crippen LogP contribution >= 0.6 is 11.3 Å². The van der Waals surface area contributed by atoms with Crippen molar-refractivity contribution in [1.82, 2.24) is 9.62 Å². The lowest BCUT2D eigenvalue weighted by Crippen LogP contribution is -2.40. The van der Waals surface area contributed by atoms with Crippen LogP contribution in [-0.2, 0) is 14.8 Å². The molecule has 2 aromatic rings. The van der Waals surface area contributed by atoms with Gasteiger partial charge in [0.05, 0.1) is 19.7 Å². The summed E-state index contributed by atoms with van der Waals surface area (Å²) >= 11 is 1.13. The lowest BCUT2D eigenvalue weighted by molar-refractivity contribution is -0.122. The summed E-state index contributed by atoms with van der Waals surface area (Å²) in [6.45, 7) is 3.77. The van der Waals surface area contributed by atoms with Crippen LogP contribution in [0.2, 0.25) is 0 Å². The Hall–Kier alpha value is -1.90. The minimum absolute atomic E-state index is 0.145. The van der Waals surface area contributed by atoms with Crippen molar-refractivity contribution in [3.05, 3.63) is 47.3 Å². The number of carbonyl (C=O) groups excluding carboxylic acids is 1. The average Bonchev–Trinajstić information content (AvgIpc) is 3.15. The standard InChI is InChI=1S/C18H24N2O4S2/c1-13(2)18(14-7-9-15(24-4)10-8-14)19-16(21)12-20(3)26(22,23)17-6-5-11-25-17/h5-11,13,18H,12H2,1-4H3,(H,19,21). The monoisotopic (exact) mass is 396 g/mol. The van der Waals surface area contributed by atoms with Crippen molar-refractivity contribution < 1.29 is 17.9 Å². The number of rotatable bonds is 8. The van der Waals surface area contributed by atoms with Gasteiger partial charge in [-0.15, -0.1) is 11.3 Å². The fourth-order valence-corrected chi connectivity index (χ4v) is 4.84. The van der Waals surface area contributed by atoms with Gasteiger partial charge in [0.1, 0.15) is 9.96 Å². The number of hydrogen-bond donors (Lipinski definition) is 1. The van der Waals surface area contributed by atoms with E-state index >= 15 is 0 Å². The van der Waals surface area contributed by atoms with Gasteiger partial charge in [0, 0.05) is 7.05 Å². The van der Waals surface area contributed by atoms with Crippen LogP contribution in [0.15, 0.2) is 46.0 Å². The van der Waals surface area contributed by atoms with E-state index in [0.717, 1.165) is 27.0 Å². The Morgan fingerprint density at radius 2 is 1.88 bits per heavy atom. The molecule has 1 unspecified atom stereocenters. The number of ether oxygens (including phenoxy) is 1. The lowest BCUT2D eigenvalue weighted by Gasteiger charge is -2.24. The molecule has 0 fully saturated rings. The Morgan fingerprint density at radius 1 is 1.23 bits per heavy atom. The highest BCUT2D eigenvalue weighted by Gasteiger charge is 2.25.